The Morgan fingerprint density at radius 2 is 2.20 bits per heavy atom. The molecule has 1 aromatic carbocycles. The second-order valence-corrected chi connectivity index (χ2v) is 4.80. The number of para-hydroxylation sites is 2. The Kier molecular flexibility index (Phi) is 1.92. The van der Waals surface area contributed by atoms with Gasteiger partial charge in [-0.05, 0) is 18.6 Å². The average molecular weight is 265 g/mol. The van der Waals surface area contributed by atoms with Crippen LogP contribution in [0, 0.1) is 0 Å². The fourth-order valence-electron chi connectivity index (χ4n) is 2.01. The molecule has 4 heteroatoms. The van der Waals surface area contributed by atoms with Gasteiger partial charge in [0.05, 0.1) is 15.9 Å². The van der Waals surface area contributed by atoms with Crippen molar-refractivity contribution in [3.8, 4) is 0 Å². The van der Waals surface area contributed by atoms with E-state index in [-0.39, 0.29) is 10.7 Å². The number of benzene rings is 1. The zero-order valence-electron chi connectivity index (χ0n) is 7.98. The first kappa shape index (κ1) is 9.09. The first-order valence-corrected chi connectivity index (χ1v) is 5.83. The number of alkyl halides is 1. The summed E-state index contributed by atoms with van der Waals surface area (Å²) >= 11 is 3.40. The smallest absolute Gasteiger partial charge is 0.246 e. The molecule has 0 radical (unpaired) electrons. The molecule has 1 aliphatic heterocycles. The minimum absolute atomic E-state index is 0.0670. The molecule has 0 N–H and O–H groups in total. The predicted octanol–water partition coefficient (Wildman–Crippen LogP) is 2.39. The number of fused-ring (bicyclic) bond motifs is 3. The van der Waals surface area contributed by atoms with E-state index >= 15 is 0 Å². The summed E-state index contributed by atoms with van der Waals surface area (Å²) in [7, 11) is 0. The van der Waals surface area contributed by atoms with Crippen molar-refractivity contribution in [1.29, 1.82) is 0 Å². The summed E-state index contributed by atoms with van der Waals surface area (Å²) in [5, 5.41) is 0. The Bertz CT molecular complexity index is 547. The number of imidazole rings is 1. The van der Waals surface area contributed by atoms with E-state index in [1.54, 1.807) is 4.57 Å². The summed E-state index contributed by atoms with van der Waals surface area (Å²) in [6.45, 7) is 0. The van der Waals surface area contributed by atoms with E-state index in [0.29, 0.717) is 0 Å². The molecule has 0 aliphatic carbocycles. The van der Waals surface area contributed by atoms with Crippen LogP contribution in [0.3, 0.4) is 0 Å². The third kappa shape index (κ3) is 1.24. The molecule has 0 saturated carbocycles. The lowest BCUT2D eigenvalue weighted by molar-refractivity contribution is 0.0898. The molecule has 3 nitrogen and oxygen atoms in total. The number of rotatable bonds is 0. The van der Waals surface area contributed by atoms with Crippen LogP contribution in [0.5, 0.6) is 0 Å². The van der Waals surface area contributed by atoms with Crippen molar-refractivity contribution in [2.24, 2.45) is 0 Å². The molecule has 3 rings (SSSR count). The monoisotopic (exact) mass is 264 g/mol. The van der Waals surface area contributed by atoms with Crippen molar-refractivity contribution in [3.63, 3.8) is 0 Å². The highest BCUT2D eigenvalue weighted by Crippen LogP contribution is 2.25. The predicted molar refractivity (Wildman–Crippen MR) is 61.4 cm³/mol. The highest BCUT2D eigenvalue weighted by atomic mass is 79.9. The number of hydrogen-bond acceptors (Lipinski definition) is 2. The highest BCUT2D eigenvalue weighted by molar-refractivity contribution is 9.10. The quantitative estimate of drug-likeness (QED) is 0.685. The lowest BCUT2D eigenvalue weighted by atomic mass is 10.1. The lowest BCUT2D eigenvalue weighted by Gasteiger charge is -2.17. The van der Waals surface area contributed by atoms with Crippen LogP contribution in [0.15, 0.2) is 24.3 Å². The molecule has 2 aromatic rings. The van der Waals surface area contributed by atoms with Gasteiger partial charge in [-0.2, -0.15) is 0 Å². The van der Waals surface area contributed by atoms with Crippen LogP contribution in [0.25, 0.3) is 11.0 Å². The van der Waals surface area contributed by atoms with Crippen molar-refractivity contribution < 1.29 is 4.79 Å². The maximum Gasteiger partial charge on any atom is 0.246 e. The van der Waals surface area contributed by atoms with Gasteiger partial charge in [0.15, 0.2) is 0 Å². The lowest BCUT2D eigenvalue weighted by Crippen LogP contribution is -2.29. The molecule has 1 atom stereocenters. The van der Waals surface area contributed by atoms with Crippen molar-refractivity contribution in [2.45, 2.75) is 17.7 Å². The van der Waals surface area contributed by atoms with Crippen molar-refractivity contribution in [1.82, 2.24) is 9.55 Å². The summed E-state index contributed by atoms with van der Waals surface area (Å²) < 4.78 is 1.73. The Balaban J connectivity index is 2.34. The Labute approximate surface area is 95.2 Å². The van der Waals surface area contributed by atoms with E-state index in [2.05, 4.69) is 20.9 Å². The summed E-state index contributed by atoms with van der Waals surface area (Å²) in [5.74, 6) is 0.988. The number of carbonyl (C=O) groups is 1. The first-order valence-electron chi connectivity index (χ1n) is 4.92. The van der Waals surface area contributed by atoms with Crippen molar-refractivity contribution in [2.75, 3.05) is 0 Å². The molecule has 2 heterocycles. The SMILES string of the molecule is O=C1C(Br)CCc2nc3ccccc3n21. The van der Waals surface area contributed by atoms with Gasteiger partial charge in [0.2, 0.25) is 5.91 Å². The molecule has 0 amide bonds. The molecule has 0 fully saturated rings. The fourth-order valence-corrected chi connectivity index (χ4v) is 2.44. The molecule has 1 aliphatic rings. The second kappa shape index (κ2) is 3.17. The fraction of sp³-hybridized carbons (Fsp3) is 0.273. The molecule has 0 saturated heterocycles. The first-order chi connectivity index (χ1) is 7.27. The summed E-state index contributed by atoms with van der Waals surface area (Å²) in [6, 6.07) is 7.76. The highest BCUT2D eigenvalue weighted by Gasteiger charge is 2.27. The Morgan fingerprint density at radius 3 is 3.07 bits per heavy atom. The number of carbonyl (C=O) groups excluding carboxylic acids is 1. The second-order valence-electron chi connectivity index (χ2n) is 3.70. The largest absolute Gasteiger partial charge is 0.273 e. The van der Waals surface area contributed by atoms with Gasteiger partial charge >= 0.3 is 0 Å². The van der Waals surface area contributed by atoms with Crippen molar-refractivity contribution in [3.05, 3.63) is 30.1 Å². The Morgan fingerprint density at radius 1 is 1.40 bits per heavy atom. The van der Waals surface area contributed by atoms with Gasteiger partial charge in [0.1, 0.15) is 5.82 Å². The van der Waals surface area contributed by atoms with Gasteiger partial charge in [-0.25, -0.2) is 4.98 Å². The Hall–Kier alpha value is -1.16. The van der Waals surface area contributed by atoms with E-state index in [4.69, 9.17) is 0 Å². The zero-order valence-corrected chi connectivity index (χ0v) is 9.57. The van der Waals surface area contributed by atoms with Gasteiger partial charge in [-0.3, -0.25) is 9.36 Å². The minimum Gasteiger partial charge on any atom is -0.273 e. The van der Waals surface area contributed by atoms with Gasteiger partial charge in [-0.1, -0.05) is 28.1 Å². The van der Waals surface area contributed by atoms with Crippen LogP contribution in [-0.4, -0.2) is 20.3 Å². The number of aromatic nitrogens is 2. The van der Waals surface area contributed by atoms with E-state index in [9.17, 15) is 4.79 Å². The van der Waals surface area contributed by atoms with Crippen LogP contribution >= 0.6 is 15.9 Å². The van der Waals surface area contributed by atoms with Crippen LogP contribution in [0.2, 0.25) is 0 Å². The number of hydrogen-bond donors (Lipinski definition) is 0. The molecule has 76 valence electrons. The molecular formula is C11H9BrN2O. The van der Waals surface area contributed by atoms with E-state index in [1.807, 2.05) is 24.3 Å². The summed E-state index contributed by atoms with van der Waals surface area (Å²) in [4.78, 5) is 16.4. The minimum atomic E-state index is -0.0670. The maximum absolute atomic E-state index is 12.0. The van der Waals surface area contributed by atoms with Gasteiger partial charge in [0.25, 0.3) is 0 Å². The summed E-state index contributed by atoms with van der Waals surface area (Å²) in [6.07, 6.45) is 1.69. The molecule has 1 unspecified atom stereocenters. The van der Waals surface area contributed by atoms with Crippen LogP contribution in [-0.2, 0) is 6.42 Å². The third-order valence-electron chi connectivity index (χ3n) is 2.74. The molecule has 15 heavy (non-hydrogen) atoms. The standard InChI is InChI=1S/C11H9BrN2O/c12-7-5-6-10-13-8-3-1-2-4-9(8)14(10)11(7)15/h1-4,7H,5-6H2. The van der Waals surface area contributed by atoms with Gasteiger partial charge in [-0.15, -0.1) is 0 Å². The maximum atomic E-state index is 12.0. The summed E-state index contributed by atoms with van der Waals surface area (Å²) in [5.41, 5.74) is 1.82. The molecule has 0 bridgehead atoms. The van der Waals surface area contributed by atoms with E-state index in [0.717, 1.165) is 29.7 Å². The molecule has 1 aromatic heterocycles. The average Bonchev–Trinajstić information content (AvgIpc) is 2.62. The molecule has 0 spiro atoms. The zero-order chi connectivity index (χ0) is 10.4. The van der Waals surface area contributed by atoms with Crippen LogP contribution in [0.1, 0.15) is 17.0 Å². The number of aryl methyl sites for hydroxylation is 1. The van der Waals surface area contributed by atoms with Crippen LogP contribution in [0.4, 0.5) is 0 Å². The van der Waals surface area contributed by atoms with Gasteiger partial charge in [0, 0.05) is 6.42 Å². The number of halogens is 1. The third-order valence-corrected chi connectivity index (χ3v) is 3.59. The molecular weight excluding hydrogens is 256 g/mol. The topological polar surface area (TPSA) is 34.9 Å². The van der Waals surface area contributed by atoms with E-state index in [1.165, 1.54) is 0 Å². The van der Waals surface area contributed by atoms with Crippen LogP contribution < -0.4 is 0 Å². The van der Waals surface area contributed by atoms with E-state index < -0.39 is 0 Å². The van der Waals surface area contributed by atoms with Gasteiger partial charge < -0.3 is 0 Å². The number of nitrogens with zero attached hydrogens (tertiary/aromatic N) is 2. The normalized spacial score (nSPS) is 20.6. The van der Waals surface area contributed by atoms with Crippen molar-refractivity contribution >= 4 is 32.9 Å².